The number of carbonyl (C=O) groups excluding carboxylic acids is 1. The van der Waals surface area contributed by atoms with Gasteiger partial charge in [0.05, 0.1) is 11.3 Å². The van der Waals surface area contributed by atoms with Crippen LogP contribution in [0.25, 0.3) is 11.1 Å². The monoisotopic (exact) mass is 395 g/mol. The van der Waals surface area contributed by atoms with Crippen LogP contribution in [0.1, 0.15) is 69.5 Å². The second-order valence-electron chi connectivity index (χ2n) is 9.16. The summed E-state index contributed by atoms with van der Waals surface area (Å²) in [5.74, 6) is 0.506. The van der Waals surface area contributed by atoms with E-state index in [9.17, 15) is 14.7 Å². The maximum absolute atomic E-state index is 12.7. The van der Waals surface area contributed by atoms with Crippen molar-refractivity contribution < 1.29 is 9.90 Å². The summed E-state index contributed by atoms with van der Waals surface area (Å²) in [7, 11) is 0. The first-order valence-electron chi connectivity index (χ1n) is 10.5. The van der Waals surface area contributed by atoms with Crippen molar-refractivity contribution >= 4 is 5.91 Å². The van der Waals surface area contributed by atoms with Crippen LogP contribution in [0.4, 0.5) is 0 Å². The predicted molar refractivity (Wildman–Crippen MR) is 112 cm³/mol. The van der Waals surface area contributed by atoms with Gasteiger partial charge in [0.15, 0.2) is 0 Å². The molecule has 154 valence electrons. The lowest BCUT2D eigenvalue weighted by atomic mass is 9.77. The molecule has 4 rings (SSSR count). The summed E-state index contributed by atoms with van der Waals surface area (Å²) < 4.78 is 1.25. The highest BCUT2D eigenvalue weighted by Gasteiger charge is 2.39. The lowest BCUT2D eigenvalue weighted by Gasteiger charge is -2.41. The van der Waals surface area contributed by atoms with Crippen molar-refractivity contribution in [2.24, 2.45) is 0 Å². The van der Waals surface area contributed by atoms with E-state index < -0.39 is 5.60 Å². The topological polar surface area (TPSA) is 84.2 Å². The predicted octanol–water partition coefficient (Wildman–Crippen LogP) is 2.94. The van der Waals surface area contributed by atoms with E-state index in [1.807, 2.05) is 26.0 Å². The minimum atomic E-state index is -0.700. The van der Waals surface area contributed by atoms with Crippen molar-refractivity contribution in [1.29, 1.82) is 0 Å². The van der Waals surface area contributed by atoms with E-state index in [0.29, 0.717) is 18.8 Å². The Balaban J connectivity index is 1.57. The molecule has 2 fully saturated rings. The number of rotatable bonds is 6. The van der Waals surface area contributed by atoms with E-state index in [1.165, 1.54) is 23.1 Å². The maximum Gasteiger partial charge on any atom is 0.267 e. The largest absolute Gasteiger partial charge is 0.390 e. The van der Waals surface area contributed by atoms with E-state index in [0.717, 1.165) is 16.8 Å². The molecule has 29 heavy (non-hydrogen) atoms. The van der Waals surface area contributed by atoms with E-state index in [4.69, 9.17) is 0 Å². The van der Waals surface area contributed by atoms with Crippen molar-refractivity contribution in [3.05, 3.63) is 51.9 Å². The second kappa shape index (κ2) is 7.41. The third kappa shape index (κ3) is 4.42. The molecular formula is C23H29N3O3. The summed E-state index contributed by atoms with van der Waals surface area (Å²) in [6, 6.07) is 9.94. The third-order valence-corrected chi connectivity index (χ3v) is 5.85. The minimum absolute atomic E-state index is 0.0396. The summed E-state index contributed by atoms with van der Waals surface area (Å²) >= 11 is 0. The molecule has 2 saturated carbocycles. The lowest BCUT2D eigenvalue weighted by Crippen LogP contribution is -2.54. The fourth-order valence-electron chi connectivity index (χ4n) is 4.17. The number of nitrogens with zero attached hydrogens (tertiary/aromatic N) is 2. The molecule has 6 nitrogen and oxygen atoms in total. The van der Waals surface area contributed by atoms with Crippen LogP contribution in [0.2, 0.25) is 0 Å². The van der Waals surface area contributed by atoms with Crippen molar-refractivity contribution in [1.82, 2.24) is 15.1 Å². The number of hydrogen-bond donors (Lipinski definition) is 2. The molecule has 2 aromatic rings. The van der Waals surface area contributed by atoms with E-state index in [1.54, 1.807) is 13.0 Å². The Kier molecular flexibility index (Phi) is 5.07. The molecule has 0 bridgehead atoms. The molecule has 2 aliphatic rings. The molecule has 6 heteroatoms. The van der Waals surface area contributed by atoms with Gasteiger partial charge in [0, 0.05) is 17.7 Å². The molecule has 0 saturated heterocycles. The van der Waals surface area contributed by atoms with Gasteiger partial charge in [0.25, 0.3) is 5.56 Å². The molecular weight excluding hydrogens is 366 g/mol. The van der Waals surface area contributed by atoms with Crippen LogP contribution in [-0.4, -0.2) is 32.4 Å². The van der Waals surface area contributed by atoms with Crippen LogP contribution in [-0.2, 0) is 11.3 Å². The third-order valence-electron chi connectivity index (χ3n) is 5.85. The van der Waals surface area contributed by atoms with Crippen molar-refractivity contribution in [3.8, 4) is 11.1 Å². The highest BCUT2D eigenvalue weighted by molar-refractivity contribution is 5.76. The smallest absolute Gasteiger partial charge is 0.267 e. The first kappa shape index (κ1) is 19.8. The molecule has 1 amide bonds. The molecule has 1 aromatic heterocycles. The number of carbonyl (C=O) groups is 1. The van der Waals surface area contributed by atoms with E-state index >= 15 is 0 Å². The van der Waals surface area contributed by atoms with Crippen molar-refractivity contribution in [3.63, 3.8) is 0 Å². The molecule has 0 atom stereocenters. The lowest BCUT2D eigenvalue weighted by molar-refractivity contribution is -0.125. The number of hydrogen-bond acceptors (Lipinski definition) is 4. The Morgan fingerprint density at radius 3 is 2.66 bits per heavy atom. The zero-order chi connectivity index (χ0) is 20.8. The molecule has 0 unspecified atom stereocenters. The second-order valence-corrected chi connectivity index (χ2v) is 9.16. The molecule has 0 spiro atoms. The maximum atomic E-state index is 12.7. The number of aromatic nitrogens is 2. The van der Waals surface area contributed by atoms with Gasteiger partial charge in [-0.15, -0.1) is 0 Å². The van der Waals surface area contributed by atoms with Gasteiger partial charge in [-0.3, -0.25) is 9.59 Å². The van der Waals surface area contributed by atoms with Gasteiger partial charge in [-0.25, -0.2) is 4.68 Å². The Labute approximate surface area is 171 Å². The molecule has 0 radical (unpaired) electrons. The minimum Gasteiger partial charge on any atom is -0.390 e. The molecule has 2 aliphatic carbocycles. The van der Waals surface area contributed by atoms with Gasteiger partial charge in [0.2, 0.25) is 5.91 Å². The first-order chi connectivity index (χ1) is 13.7. The molecule has 0 aliphatic heterocycles. The Morgan fingerprint density at radius 1 is 1.31 bits per heavy atom. The average Bonchev–Trinajstić information content (AvgIpc) is 3.46. The summed E-state index contributed by atoms with van der Waals surface area (Å²) in [5, 5.41) is 17.2. The number of amides is 1. The van der Waals surface area contributed by atoms with E-state index in [-0.39, 0.29) is 30.0 Å². The summed E-state index contributed by atoms with van der Waals surface area (Å²) in [6.45, 7) is 5.73. The van der Waals surface area contributed by atoms with Crippen LogP contribution >= 0.6 is 0 Å². The average molecular weight is 396 g/mol. The molecule has 1 heterocycles. The fraction of sp³-hybridized carbons (Fsp3) is 0.522. The van der Waals surface area contributed by atoms with Crippen LogP contribution < -0.4 is 10.9 Å². The zero-order valence-corrected chi connectivity index (χ0v) is 17.3. The van der Waals surface area contributed by atoms with Gasteiger partial charge >= 0.3 is 0 Å². The quantitative estimate of drug-likeness (QED) is 0.788. The standard InChI is InChI=1S/C23H29N3O3/c1-14(2)22-19(17-6-4-5-16(9-17)15-7-8-15)10-21(28)26(25-22)13-20(27)24-18-11-23(3,29)12-18/h4-6,9-10,14-15,18,29H,7-8,11-13H2,1-3H3,(H,24,27)/t18-,23-. The number of nitrogens with one attached hydrogen (secondary N) is 1. The molecule has 1 aromatic carbocycles. The van der Waals surface area contributed by atoms with Crippen LogP contribution in [0.5, 0.6) is 0 Å². The normalized spacial score (nSPS) is 23.7. The Bertz CT molecular complexity index is 981. The van der Waals surface area contributed by atoms with Crippen molar-refractivity contribution in [2.45, 2.75) is 76.5 Å². The summed E-state index contributed by atoms with van der Waals surface area (Å²) in [5.41, 5.74) is 3.01. The Hall–Kier alpha value is -2.47. The van der Waals surface area contributed by atoms with Gasteiger partial charge in [-0.1, -0.05) is 38.1 Å². The van der Waals surface area contributed by atoms with Gasteiger partial charge in [-0.05, 0) is 55.6 Å². The Morgan fingerprint density at radius 2 is 2.03 bits per heavy atom. The van der Waals surface area contributed by atoms with Crippen LogP contribution in [0.3, 0.4) is 0 Å². The van der Waals surface area contributed by atoms with Crippen LogP contribution in [0.15, 0.2) is 35.1 Å². The van der Waals surface area contributed by atoms with Crippen molar-refractivity contribution in [2.75, 3.05) is 0 Å². The SMILES string of the molecule is CC(C)c1nn(CC(=O)N[C@H]2C[C@](C)(O)C2)c(=O)cc1-c1cccc(C2CC2)c1. The summed E-state index contributed by atoms with van der Waals surface area (Å²) in [6.07, 6.45) is 3.53. The van der Waals surface area contributed by atoms with Gasteiger partial charge < -0.3 is 10.4 Å². The highest BCUT2D eigenvalue weighted by atomic mass is 16.3. The zero-order valence-electron chi connectivity index (χ0n) is 17.3. The fourth-order valence-corrected chi connectivity index (χ4v) is 4.17. The molecule has 2 N–H and O–H groups in total. The van der Waals surface area contributed by atoms with Gasteiger partial charge in [-0.2, -0.15) is 5.10 Å². The van der Waals surface area contributed by atoms with Gasteiger partial charge in [0.1, 0.15) is 6.54 Å². The summed E-state index contributed by atoms with van der Waals surface area (Å²) in [4.78, 5) is 25.1. The number of benzene rings is 1. The highest BCUT2D eigenvalue weighted by Crippen LogP contribution is 2.41. The van der Waals surface area contributed by atoms with Crippen LogP contribution in [0, 0.1) is 0 Å². The first-order valence-corrected chi connectivity index (χ1v) is 10.5. The number of aliphatic hydroxyl groups is 1. The van der Waals surface area contributed by atoms with E-state index in [2.05, 4.69) is 22.5 Å².